The van der Waals surface area contributed by atoms with Gasteiger partial charge in [-0.1, -0.05) is 36.4 Å². The first kappa shape index (κ1) is 11.5. The topological polar surface area (TPSA) is 51.2 Å². The Hall–Kier alpha value is -2.62. The van der Waals surface area contributed by atoms with E-state index in [4.69, 9.17) is 4.74 Å². The lowest BCUT2D eigenvalue weighted by molar-refractivity contribution is -0.118. The van der Waals surface area contributed by atoms with Crippen LogP contribution in [0, 0.1) is 0 Å². The van der Waals surface area contributed by atoms with E-state index in [1.807, 2.05) is 42.5 Å². The lowest BCUT2D eigenvalue weighted by atomic mass is 10.2. The second kappa shape index (κ2) is 4.94. The fourth-order valence-corrected chi connectivity index (χ4v) is 1.84. The zero-order chi connectivity index (χ0) is 13.1. The van der Waals surface area contributed by atoms with Crippen molar-refractivity contribution in [1.82, 2.24) is 4.98 Å². The fraction of sp³-hybridized carbons (Fsp3) is 0.0667. The van der Waals surface area contributed by atoms with Gasteiger partial charge in [0.25, 0.3) is 5.91 Å². The molecule has 0 spiro atoms. The highest BCUT2D eigenvalue weighted by atomic mass is 16.5. The summed E-state index contributed by atoms with van der Waals surface area (Å²) in [5, 5.41) is 2.76. The van der Waals surface area contributed by atoms with E-state index in [2.05, 4.69) is 10.3 Å². The van der Waals surface area contributed by atoms with E-state index in [1.165, 1.54) is 0 Å². The van der Waals surface area contributed by atoms with Gasteiger partial charge in [0, 0.05) is 0 Å². The SMILES string of the molecule is O=C1COc2cnc(C=Cc3ccccc3)cc2N1. The van der Waals surface area contributed by atoms with Crippen molar-refractivity contribution >= 4 is 23.7 Å². The maximum atomic E-state index is 11.2. The van der Waals surface area contributed by atoms with Crippen LogP contribution in [0.2, 0.25) is 0 Å². The summed E-state index contributed by atoms with van der Waals surface area (Å²) in [7, 11) is 0. The molecule has 0 atom stereocenters. The summed E-state index contributed by atoms with van der Waals surface area (Å²) in [5.41, 5.74) is 2.54. The van der Waals surface area contributed by atoms with Crippen LogP contribution in [-0.2, 0) is 4.79 Å². The Balaban J connectivity index is 1.84. The summed E-state index contributed by atoms with van der Waals surface area (Å²) in [6.07, 6.45) is 5.50. The van der Waals surface area contributed by atoms with Gasteiger partial charge in [-0.2, -0.15) is 0 Å². The number of nitrogens with zero attached hydrogens (tertiary/aromatic N) is 1. The number of nitrogens with one attached hydrogen (secondary N) is 1. The molecule has 4 heteroatoms. The van der Waals surface area contributed by atoms with Crippen molar-refractivity contribution in [3.05, 3.63) is 53.9 Å². The van der Waals surface area contributed by atoms with Crippen LogP contribution in [0.3, 0.4) is 0 Å². The number of pyridine rings is 1. The van der Waals surface area contributed by atoms with Crippen molar-refractivity contribution in [3.63, 3.8) is 0 Å². The molecule has 0 saturated heterocycles. The van der Waals surface area contributed by atoms with Crippen LogP contribution in [0.1, 0.15) is 11.3 Å². The normalized spacial score (nSPS) is 13.8. The molecule has 0 unspecified atom stereocenters. The Morgan fingerprint density at radius 1 is 1.21 bits per heavy atom. The molecular formula is C15H12N2O2. The minimum Gasteiger partial charge on any atom is -0.480 e. The van der Waals surface area contributed by atoms with Gasteiger partial charge in [0.2, 0.25) is 0 Å². The first-order valence-electron chi connectivity index (χ1n) is 5.97. The Labute approximate surface area is 110 Å². The number of rotatable bonds is 2. The monoisotopic (exact) mass is 252 g/mol. The van der Waals surface area contributed by atoms with E-state index >= 15 is 0 Å². The first-order chi connectivity index (χ1) is 9.31. The zero-order valence-electron chi connectivity index (χ0n) is 10.2. The molecule has 0 bridgehead atoms. The second-order valence-electron chi connectivity index (χ2n) is 4.19. The lowest BCUT2D eigenvalue weighted by Gasteiger charge is -2.17. The van der Waals surface area contributed by atoms with Crippen LogP contribution < -0.4 is 10.1 Å². The number of ether oxygens (including phenoxy) is 1. The summed E-state index contributed by atoms with van der Waals surface area (Å²) in [5.74, 6) is 0.466. The highest BCUT2D eigenvalue weighted by Crippen LogP contribution is 2.27. The van der Waals surface area contributed by atoms with Gasteiger partial charge in [0.1, 0.15) is 0 Å². The van der Waals surface area contributed by atoms with E-state index in [-0.39, 0.29) is 12.5 Å². The van der Waals surface area contributed by atoms with E-state index in [0.717, 1.165) is 11.3 Å². The molecule has 19 heavy (non-hydrogen) atoms. The van der Waals surface area contributed by atoms with Gasteiger partial charge in [-0.25, -0.2) is 0 Å². The minimum absolute atomic E-state index is 0.0495. The smallest absolute Gasteiger partial charge is 0.262 e. The standard InChI is InChI=1S/C15H12N2O2/c18-15-10-19-14-9-16-12(8-13(14)17-15)7-6-11-4-2-1-3-5-11/h1-9H,10H2,(H,17,18). The molecule has 0 aliphatic carbocycles. The van der Waals surface area contributed by atoms with Crippen molar-refractivity contribution < 1.29 is 9.53 Å². The number of fused-ring (bicyclic) bond motifs is 1. The number of anilines is 1. The lowest BCUT2D eigenvalue weighted by Crippen LogP contribution is -2.25. The summed E-state index contributed by atoms with van der Waals surface area (Å²) in [4.78, 5) is 15.5. The van der Waals surface area contributed by atoms with Crippen molar-refractivity contribution in [2.75, 3.05) is 11.9 Å². The van der Waals surface area contributed by atoms with Crippen LogP contribution >= 0.6 is 0 Å². The summed E-state index contributed by atoms with van der Waals surface area (Å²) >= 11 is 0. The molecule has 0 saturated carbocycles. The summed E-state index contributed by atoms with van der Waals surface area (Å²) < 4.78 is 5.25. The van der Waals surface area contributed by atoms with Crippen molar-refractivity contribution in [2.45, 2.75) is 0 Å². The Bertz CT molecular complexity index is 636. The van der Waals surface area contributed by atoms with Gasteiger partial charge in [-0.3, -0.25) is 9.78 Å². The largest absolute Gasteiger partial charge is 0.480 e. The Kier molecular flexibility index (Phi) is 2.98. The summed E-state index contributed by atoms with van der Waals surface area (Å²) in [6, 6.07) is 11.8. The maximum Gasteiger partial charge on any atom is 0.262 e. The van der Waals surface area contributed by atoms with Crippen LogP contribution in [-0.4, -0.2) is 17.5 Å². The molecule has 1 N–H and O–H groups in total. The number of carbonyl (C=O) groups excluding carboxylic acids is 1. The van der Waals surface area contributed by atoms with Crippen molar-refractivity contribution in [3.8, 4) is 5.75 Å². The molecule has 1 amide bonds. The van der Waals surface area contributed by atoms with Crippen molar-refractivity contribution in [2.24, 2.45) is 0 Å². The van der Waals surface area contributed by atoms with Crippen LogP contribution in [0.4, 0.5) is 5.69 Å². The number of carbonyl (C=O) groups is 1. The quantitative estimate of drug-likeness (QED) is 0.893. The van der Waals surface area contributed by atoms with Crippen LogP contribution in [0.25, 0.3) is 12.2 Å². The summed E-state index contributed by atoms with van der Waals surface area (Å²) in [6.45, 7) is 0.0495. The zero-order valence-corrected chi connectivity index (χ0v) is 10.2. The molecule has 0 radical (unpaired) electrons. The van der Waals surface area contributed by atoms with Crippen LogP contribution in [0.5, 0.6) is 5.75 Å². The molecule has 4 nitrogen and oxygen atoms in total. The van der Waals surface area contributed by atoms with Crippen LogP contribution in [0.15, 0.2) is 42.6 Å². The predicted octanol–water partition coefficient (Wildman–Crippen LogP) is 2.58. The molecule has 2 heterocycles. The number of amides is 1. The fourth-order valence-electron chi connectivity index (χ4n) is 1.84. The molecule has 1 aromatic heterocycles. The highest BCUT2D eigenvalue weighted by molar-refractivity contribution is 5.95. The average Bonchev–Trinajstić information content (AvgIpc) is 2.46. The third-order valence-corrected chi connectivity index (χ3v) is 2.77. The Morgan fingerprint density at radius 2 is 2.05 bits per heavy atom. The first-order valence-corrected chi connectivity index (χ1v) is 5.97. The molecule has 3 rings (SSSR count). The van der Waals surface area contributed by atoms with Gasteiger partial charge in [0.15, 0.2) is 12.4 Å². The number of aromatic nitrogens is 1. The van der Waals surface area contributed by atoms with Gasteiger partial charge < -0.3 is 10.1 Å². The van der Waals surface area contributed by atoms with E-state index in [0.29, 0.717) is 11.4 Å². The molecule has 1 aliphatic rings. The Morgan fingerprint density at radius 3 is 2.89 bits per heavy atom. The van der Waals surface area contributed by atoms with Gasteiger partial charge in [0.05, 0.1) is 17.6 Å². The molecular weight excluding hydrogens is 240 g/mol. The van der Waals surface area contributed by atoms with Gasteiger partial charge in [-0.05, 0) is 17.7 Å². The number of hydrogen-bond acceptors (Lipinski definition) is 3. The van der Waals surface area contributed by atoms with Gasteiger partial charge in [-0.15, -0.1) is 0 Å². The number of benzene rings is 1. The minimum atomic E-state index is -0.142. The second-order valence-corrected chi connectivity index (χ2v) is 4.19. The van der Waals surface area contributed by atoms with E-state index < -0.39 is 0 Å². The maximum absolute atomic E-state index is 11.2. The molecule has 94 valence electrons. The highest BCUT2D eigenvalue weighted by Gasteiger charge is 2.15. The van der Waals surface area contributed by atoms with Gasteiger partial charge >= 0.3 is 0 Å². The molecule has 0 fully saturated rings. The molecule has 2 aromatic rings. The number of hydrogen-bond donors (Lipinski definition) is 1. The van der Waals surface area contributed by atoms with E-state index in [9.17, 15) is 4.79 Å². The third kappa shape index (κ3) is 2.63. The van der Waals surface area contributed by atoms with Crippen molar-refractivity contribution in [1.29, 1.82) is 0 Å². The average molecular weight is 252 g/mol. The molecule has 1 aliphatic heterocycles. The predicted molar refractivity (Wildman–Crippen MR) is 73.7 cm³/mol. The third-order valence-electron chi connectivity index (χ3n) is 2.77. The molecule has 1 aromatic carbocycles. The van der Waals surface area contributed by atoms with E-state index in [1.54, 1.807) is 12.3 Å².